The van der Waals surface area contributed by atoms with Crippen LogP contribution in [-0.4, -0.2) is 37.6 Å². The van der Waals surface area contributed by atoms with Crippen molar-refractivity contribution < 1.29 is 0 Å². The van der Waals surface area contributed by atoms with Gasteiger partial charge in [-0.3, -0.25) is 4.90 Å². The molecule has 102 valence electrons. The van der Waals surface area contributed by atoms with Crippen LogP contribution in [0.5, 0.6) is 0 Å². The third-order valence-electron chi connectivity index (χ3n) is 4.41. The lowest BCUT2D eigenvalue weighted by Crippen LogP contribution is -2.49. The van der Waals surface area contributed by atoms with Crippen LogP contribution in [0, 0.1) is 17.3 Å². The zero-order chi connectivity index (χ0) is 13.1. The molecule has 1 saturated heterocycles. The minimum absolute atomic E-state index is 0.489. The van der Waals surface area contributed by atoms with Crippen LogP contribution in [0.4, 0.5) is 0 Å². The maximum Gasteiger partial charge on any atom is 0.0243 e. The number of piperidine rings is 1. The SMILES string of the molecule is CNCC(C(C)C)N1CCC(C(C)(C)C)CC1. The van der Waals surface area contributed by atoms with Gasteiger partial charge in [0.1, 0.15) is 0 Å². The summed E-state index contributed by atoms with van der Waals surface area (Å²) in [6.45, 7) is 15.6. The topological polar surface area (TPSA) is 15.3 Å². The molecular formula is C15H32N2. The fourth-order valence-corrected chi connectivity index (χ4v) is 3.09. The van der Waals surface area contributed by atoms with E-state index in [-0.39, 0.29) is 0 Å². The summed E-state index contributed by atoms with van der Waals surface area (Å²) in [5.41, 5.74) is 0.489. The summed E-state index contributed by atoms with van der Waals surface area (Å²) in [5, 5.41) is 3.35. The van der Waals surface area contributed by atoms with E-state index in [9.17, 15) is 0 Å². The van der Waals surface area contributed by atoms with Crippen LogP contribution in [0.2, 0.25) is 0 Å². The summed E-state index contributed by atoms with van der Waals surface area (Å²) < 4.78 is 0. The van der Waals surface area contributed by atoms with E-state index in [0.717, 1.165) is 18.4 Å². The molecule has 2 heteroatoms. The van der Waals surface area contributed by atoms with Gasteiger partial charge in [-0.05, 0) is 50.2 Å². The summed E-state index contributed by atoms with van der Waals surface area (Å²) in [7, 11) is 2.07. The first-order chi connectivity index (χ1) is 7.86. The van der Waals surface area contributed by atoms with Crippen molar-refractivity contribution in [2.45, 2.75) is 53.5 Å². The molecule has 1 unspecified atom stereocenters. The Labute approximate surface area is 108 Å². The Morgan fingerprint density at radius 3 is 2.06 bits per heavy atom. The van der Waals surface area contributed by atoms with E-state index < -0.39 is 0 Å². The zero-order valence-corrected chi connectivity index (χ0v) is 12.7. The minimum Gasteiger partial charge on any atom is -0.318 e. The number of nitrogens with one attached hydrogen (secondary N) is 1. The molecule has 1 N–H and O–H groups in total. The molecule has 0 aliphatic carbocycles. The summed E-state index contributed by atoms with van der Waals surface area (Å²) >= 11 is 0. The van der Waals surface area contributed by atoms with Gasteiger partial charge in [0, 0.05) is 12.6 Å². The minimum atomic E-state index is 0.489. The Morgan fingerprint density at radius 2 is 1.71 bits per heavy atom. The highest BCUT2D eigenvalue weighted by Gasteiger charge is 2.31. The molecule has 0 radical (unpaired) electrons. The molecule has 0 aromatic carbocycles. The predicted octanol–water partition coefficient (Wildman–Crippen LogP) is 2.99. The van der Waals surface area contributed by atoms with Crippen molar-refractivity contribution in [3.63, 3.8) is 0 Å². The van der Waals surface area contributed by atoms with E-state index in [4.69, 9.17) is 0 Å². The molecule has 0 aromatic heterocycles. The Hall–Kier alpha value is -0.0800. The Kier molecular flexibility index (Phi) is 5.46. The number of nitrogens with zero attached hydrogens (tertiary/aromatic N) is 1. The lowest BCUT2D eigenvalue weighted by atomic mass is 9.75. The molecule has 1 fully saturated rings. The van der Waals surface area contributed by atoms with Crippen molar-refractivity contribution in [2.24, 2.45) is 17.3 Å². The molecule has 0 spiro atoms. The van der Waals surface area contributed by atoms with Crippen molar-refractivity contribution in [3.05, 3.63) is 0 Å². The largest absolute Gasteiger partial charge is 0.318 e. The van der Waals surface area contributed by atoms with Crippen LogP contribution in [0.1, 0.15) is 47.5 Å². The maximum atomic E-state index is 3.35. The van der Waals surface area contributed by atoms with Gasteiger partial charge in [0.05, 0.1) is 0 Å². The smallest absolute Gasteiger partial charge is 0.0243 e. The summed E-state index contributed by atoms with van der Waals surface area (Å²) in [4.78, 5) is 2.70. The Bertz CT molecular complexity index is 209. The van der Waals surface area contributed by atoms with Gasteiger partial charge in [-0.15, -0.1) is 0 Å². The Morgan fingerprint density at radius 1 is 1.18 bits per heavy atom. The van der Waals surface area contributed by atoms with Crippen molar-refractivity contribution >= 4 is 0 Å². The molecule has 0 aromatic rings. The number of rotatable bonds is 4. The maximum absolute atomic E-state index is 3.35. The number of likely N-dealkylation sites (N-methyl/N-ethyl adjacent to an activating group) is 1. The fraction of sp³-hybridized carbons (Fsp3) is 1.00. The second-order valence-electron chi connectivity index (χ2n) is 7.05. The summed E-state index contributed by atoms with van der Waals surface area (Å²) in [5.74, 6) is 1.65. The standard InChI is InChI=1S/C15H32N2/c1-12(2)14(11-16-6)17-9-7-13(8-10-17)15(3,4)5/h12-14,16H,7-11H2,1-6H3. The first kappa shape index (κ1) is 15.0. The van der Waals surface area contributed by atoms with E-state index >= 15 is 0 Å². The van der Waals surface area contributed by atoms with Crippen LogP contribution >= 0.6 is 0 Å². The lowest BCUT2D eigenvalue weighted by molar-refractivity contribution is 0.0664. The van der Waals surface area contributed by atoms with Gasteiger partial charge in [-0.25, -0.2) is 0 Å². The molecule has 0 saturated carbocycles. The molecular weight excluding hydrogens is 208 g/mol. The third-order valence-corrected chi connectivity index (χ3v) is 4.41. The molecule has 1 aliphatic rings. The third kappa shape index (κ3) is 4.26. The molecule has 1 heterocycles. The molecule has 1 atom stereocenters. The van der Waals surface area contributed by atoms with Gasteiger partial charge in [0.2, 0.25) is 0 Å². The average Bonchev–Trinajstić information content (AvgIpc) is 2.24. The fourth-order valence-electron chi connectivity index (χ4n) is 3.09. The van der Waals surface area contributed by atoms with Crippen LogP contribution in [0.15, 0.2) is 0 Å². The molecule has 1 aliphatic heterocycles. The molecule has 0 bridgehead atoms. The second kappa shape index (κ2) is 6.19. The van der Waals surface area contributed by atoms with E-state index in [1.165, 1.54) is 25.9 Å². The van der Waals surface area contributed by atoms with E-state index in [0.29, 0.717) is 11.5 Å². The van der Waals surface area contributed by atoms with Gasteiger partial charge >= 0.3 is 0 Å². The van der Waals surface area contributed by atoms with Crippen LogP contribution in [0.3, 0.4) is 0 Å². The van der Waals surface area contributed by atoms with Crippen molar-refractivity contribution in [3.8, 4) is 0 Å². The van der Waals surface area contributed by atoms with E-state index in [1.54, 1.807) is 0 Å². The average molecular weight is 240 g/mol. The molecule has 1 rings (SSSR count). The highest BCUT2D eigenvalue weighted by atomic mass is 15.2. The highest BCUT2D eigenvalue weighted by molar-refractivity contribution is 4.85. The first-order valence-electron chi connectivity index (χ1n) is 7.25. The van der Waals surface area contributed by atoms with Crippen molar-refractivity contribution in [1.82, 2.24) is 10.2 Å². The van der Waals surface area contributed by atoms with E-state index in [2.05, 4.69) is 51.9 Å². The number of hydrogen-bond donors (Lipinski definition) is 1. The van der Waals surface area contributed by atoms with Gasteiger partial charge in [0.25, 0.3) is 0 Å². The second-order valence-corrected chi connectivity index (χ2v) is 7.05. The van der Waals surface area contributed by atoms with Crippen LogP contribution < -0.4 is 5.32 Å². The lowest BCUT2D eigenvalue weighted by Gasteiger charge is -2.43. The first-order valence-corrected chi connectivity index (χ1v) is 7.25. The highest BCUT2D eigenvalue weighted by Crippen LogP contribution is 2.35. The number of hydrogen-bond acceptors (Lipinski definition) is 2. The van der Waals surface area contributed by atoms with Crippen LogP contribution in [-0.2, 0) is 0 Å². The molecule has 2 nitrogen and oxygen atoms in total. The summed E-state index contributed by atoms with van der Waals surface area (Å²) in [6.07, 6.45) is 2.74. The summed E-state index contributed by atoms with van der Waals surface area (Å²) in [6, 6.07) is 0.709. The zero-order valence-electron chi connectivity index (χ0n) is 12.7. The van der Waals surface area contributed by atoms with Crippen molar-refractivity contribution in [2.75, 3.05) is 26.7 Å². The van der Waals surface area contributed by atoms with Gasteiger partial charge in [0.15, 0.2) is 0 Å². The van der Waals surface area contributed by atoms with Gasteiger partial charge in [-0.2, -0.15) is 0 Å². The molecule has 17 heavy (non-hydrogen) atoms. The molecule has 0 amide bonds. The quantitative estimate of drug-likeness (QED) is 0.812. The normalized spacial score (nSPS) is 22.1. The number of likely N-dealkylation sites (tertiary alicyclic amines) is 1. The van der Waals surface area contributed by atoms with Crippen molar-refractivity contribution in [1.29, 1.82) is 0 Å². The monoisotopic (exact) mass is 240 g/mol. The van der Waals surface area contributed by atoms with E-state index in [1.807, 2.05) is 0 Å². The predicted molar refractivity (Wildman–Crippen MR) is 76.3 cm³/mol. The van der Waals surface area contributed by atoms with Gasteiger partial charge in [-0.1, -0.05) is 34.6 Å². The van der Waals surface area contributed by atoms with Gasteiger partial charge < -0.3 is 5.32 Å². The Balaban J connectivity index is 2.50. The van der Waals surface area contributed by atoms with Crippen LogP contribution in [0.25, 0.3) is 0 Å².